The van der Waals surface area contributed by atoms with Gasteiger partial charge in [0.05, 0.1) is 12.6 Å². The summed E-state index contributed by atoms with van der Waals surface area (Å²) in [5, 5.41) is 14.8. The second-order valence-electron chi connectivity index (χ2n) is 3.57. The van der Waals surface area contributed by atoms with Crippen LogP contribution < -0.4 is 10.6 Å². The van der Waals surface area contributed by atoms with Gasteiger partial charge in [0, 0.05) is 6.04 Å². The van der Waals surface area contributed by atoms with Gasteiger partial charge in [-0.1, -0.05) is 6.92 Å². The zero-order valence-corrected chi connectivity index (χ0v) is 8.05. The molecule has 0 aromatic rings. The number of hydrogen-bond donors (Lipinski definition) is 3. The van der Waals surface area contributed by atoms with Crippen LogP contribution in [0.4, 0.5) is 0 Å². The zero-order chi connectivity index (χ0) is 9.68. The third-order valence-electron chi connectivity index (χ3n) is 2.19. The number of nitrogens with one attached hydrogen (secondary N) is 2. The van der Waals surface area contributed by atoms with E-state index in [0.29, 0.717) is 19.4 Å². The fraction of sp³-hybridized carbons (Fsp3) is 0.889. The number of rotatable bonds is 5. The number of amides is 1. The smallest absolute Gasteiger partial charge is 0.234 e. The summed E-state index contributed by atoms with van der Waals surface area (Å²) in [5.74, 6) is 0.0327. The van der Waals surface area contributed by atoms with Crippen LogP contribution >= 0.6 is 0 Å². The maximum Gasteiger partial charge on any atom is 0.234 e. The van der Waals surface area contributed by atoms with Gasteiger partial charge in [-0.05, 0) is 25.8 Å². The van der Waals surface area contributed by atoms with Gasteiger partial charge in [0.15, 0.2) is 0 Å². The molecule has 0 bridgehead atoms. The van der Waals surface area contributed by atoms with E-state index in [1.54, 1.807) is 0 Å². The van der Waals surface area contributed by atoms with E-state index in [9.17, 15) is 4.79 Å². The molecule has 0 aliphatic heterocycles. The van der Waals surface area contributed by atoms with E-state index < -0.39 is 0 Å². The van der Waals surface area contributed by atoms with Gasteiger partial charge >= 0.3 is 0 Å². The fourth-order valence-electron chi connectivity index (χ4n) is 1.36. The molecule has 0 spiro atoms. The molecule has 4 nitrogen and oxygen atoms in total. The second kappa shape index (κ2) is 5.19. The van der Waals surface area contributed by atoms with Gasteiger partial charge in [-0.15, -0.1) is 0 Å². The molecule has 1 rings (SSSR count). The molecule has 0 atom stereocenters. The van der Waals surface area contributed by atoms with Gasteiger partial charge in [0.25, 0.3) is 0 Å². The van der Waals surface area contributed by atoms with Crippen molar-refractivity contribution in [1.29, 1.82) is 0 Å². The first kappa shape index (κ1) is 10.5. The number of aliphatic hydroxyl groups is 1. The molecule has 1 amide bonds. The van der Waals surface area contributed by atoms with Crippen LogP contribution in [-0.2, 0) is 4.79 Å². The third-order valence-corrected chi connectivity index (χ3v) is 2.19. The monoisotopic (exact) mass is 186 g/mol. The van der Waals surface area contributed by atoms with Gasteiger partial charge in [-0.3, -0.25) is 4.79 Å². The summed E-state index contributed by atoms with van der Waals surface area (Å²) < 4.78 is 0. The van der Waals surface area contributed by atoms with Gasteiger partial charge in [-0.25, -0.2) is 0 Å². The van der Waals surface area contributed by atoms with Crippen LogP contribution in [0.1, 0.15) is 26.2 Å². The SMILES string of the molecule is CCCNCC(=O)NC1CC(O)C1. The molecule has 0 saturated heterocycles. The second-order valence-corrected chi connectivity index (χ2v) is 3.57. The van der Waals surface area contributed by atoms with Crippen molar-refractivity contribution in [2.24, 2.45) is 0 Å². The molecule has 1 aliphatic rings. The molecular weight excluding hydrogens is 168 g/mol. The van der Waals surface area contributed by atoms with Gasteiger partial charge < -0.3 is 15.7 Å². The van der Waals surface area contributed by atoms with Crippen molar-refractivity contribution in [3.8, 4) is 0 Å². The minimum atomic E-state index is -0.200. The summed E-state index contributed by atoms with van der Waals surface area (Å²) >= 11 is 0. The number of carbonyl (C=O) groups is 1. The molecule has 3 N–H and O–H groups in total. The lowest BCUT2D eigenvalue weighted by Crippen LogP contribution is -2.49. The van der Waals surface area contributed by atoms with Gasteiger partial charge in [0.2, 0.25) is 5.91 Å². The first-order chi connectivity index (χ1) is 6.22. The average molecular weight is 186 g/mol. The number of hydrogen-bond acceptors (Lipinski definition) is 3. The lowest BCUT2D eigenvalue weighted by Gasteiger charge is -2.31. The topological polar surface area (TPSA) is 61.4 Å². The van der Waals surface area contributed by atoms with E-state index in [2.05, 4.69) is 17.6 Å². The van der Waals surface area contributed by atoms with Gasteiger partial charge in [-0.2, -0.15) is 0 Å². The van der Waals surface area contributed by atoms with Gasteiger partial charge in [0.1, 0.15) is 0 Å². The van der Waals surface area contributed by atoms with Crippen molar-refractivity contribution in [2.45, 2.75) is 38.3 Å². The van der Waals surface area contributed by atoms with Crippen LogP contribution in [0.2, 0.25) is 0 Å². The van der Waals surface area contributed by atoms with Crippen LogP contribution in [0.5, 0.6) is 0 Å². The molecule has 0 heterocycles. The minimum Gasteiger partial charge on any atom is -0.393 e. The van der Waals surface area contributed by atoms with Crippen molar-refractivity contribution >= 4 is 5.91 Å². The van der Waals surface area contributed by atoms with E-state index in [4.69, 9.17) is 5.11 Å². The minimum absolute atomic E-state index is 0.0327. The Bertz CT molecular complexity index is 167. The molecule has 0 aromatic heterocycles. The first-order valence-electron chi connectivity index (χ1n) is 4.90. The Morgan fingerprint density at radius 3 is 2.77 bits per heavy atom. The maximum atomic E-state index is 11.2. The zero-order valence-electron chi connectivity index (χ0n) is 8.05. The number of carbonyl (C=O) groups excluding carboxylic acids is 1. The van der Waals surface area contributed by atoms with E-state index in [1.807, 2.05) is 0 Å². The molecule has 0 aromatic carbocycles. The highest BCUT2D eigenvalue weighted by atomic mass is 16.3. The normalized spacial score (nSPS) is 26.6. The quantitative estimate of drug-likeness (QED) is 0.513. The Hall–Kier alpha value is -0.610. The van der Waals surface area contributed by atoms with Crippen LogP contribution in [-0.4, -0.2) is 36.2 Å². The number of aliphatic hydroxyl groups excluding tert-OH is 1. The molecule has 1 saturated carbocycles. The fourth-order valence-corrected chi connectivity index (χ4v) is 1.36. The summed E-state index contributed by atoms with van der Waals surface area (Å²) in [6.45, 7) is 3.33. The molecule has 1 aliphatic carbocycles. The summed E-state index contributed by atoms with van der Waals surface area (Å²) in [4.78, 5) is 11.2. The maximum absolute atomic E-state index is 11.2. The van der Waals surface area contributed by atoms with E-state index in [1.165, 1.54) is 0 Å². The van der Waals surface area contributed by atoms with Crippen LogP contribution in [0.3, 0.4) is 0 Å². The summed E-state index contributed by atoms with van der Waals surface area (Å²) in [7, 11) is 0. The van der Waals surface area contributed by atoms with Crippen LogP contribution in [0.25, 0.3) is 0 Å². The standard InChI is InChI=1S/C9H18N2O2/c1-2-3-10-6-9(13)11-7-4-8(12)5-7/h7-8,10,12H,2-6H2,1H3,(H,11,13). The van der Waals surface area contributed by atoms with Crippen molar-refractivity contribution in [2.75, 3.05) is 13.1 Å². The highest BCUT2D eigenvalue weighted by Crippen LogP contribution is 2.18. The third kappa shape index (κ3) is 3.74. The highest BCUT2D eigenvalue weighted by Gasteiger charge is 2.27. The predicted octanol–water partition coefficient (Wildman–Crippen LogP) is -0.374. The molecule has 76 valence electrons. The molecule has 4 heteroatoms. The van der Waals surface area contributed by atoms with Crippen molar-refractivity contribution < 1.29 is 9.90 Å². The van der Waals surface area contributed by atoms with E-state index in [0.717, 1.165) is 13.0 Å². The summed E-state index contributed by atoms with van der Waals surface area (Å²) in [5.41, 5.74) is 0. The molecule has 0 radical (unpaired) electrons. The molecular formula is C9H18N2O2. The molecule has 1 fully saturated rings. The largest absolute Gasteiger partial charge is 0.393 e. The van der Waals surface area contributed by atoms with E-state index in [-0.39, 0.29) is 18.1 Å². The van der Waals surface area contributed by atoms with Crippen molar-refractivity contribution in [3.63, 3.8) is 0 Å². The summed E-state index contributed by atoms with van der Waals surface area (Å²) in [6.07, 6.45) is 2.25. The predicted molar refractivity (Wildman–Crippen MR) is 50.3 cm³/mol. The highest BCUT2D eigenvalue weighted by molar-refractivity contribution is 5.78. The first-order valence-corrected chi connectivity index (χ1v) is 4.90. The summed E-state index contributed by atoms with van der Waals surface area (Å²) in [6, 6.07) is 0.200. The van der Waals surface area contributed by atoms with Crippen LogP contribution in [0.15, 0.2) is 0 Å². The Balaban J connectivity index is 1.98. The lowest BCUT2D eigenvalue weighted by molar-refractivity contribution is -0.122. The van der Waals surface area contributed by atoms with Crippen molar-refractivity contribution in [3.05, 3.63) is 0 Å². The van der Waals surface area contributed by atoms with Crippen molar-refractivity contribution in [1.82, 2.24) is 10.6 Å². The Kier molecular flexibility index (Phi) is 4.18. The Morgan fingerprint density at radius 2 is 2.23 bits per heavy atom. The Labute approximate surface area is 78.7 Å². The average Bonchev–Trinajstić information content (AvgIpc) is 2.02. The van der Waals surface area contributed by atoms with Crippen LogP contribution in [0, 0.1) is 0 Å². The van der Waals surface area contributed by atoms with E-state index >= 15 is 0 Å². The molecule has 0 unspecified atom stereocenters. The molecule has 13 heavy (non-hydrogen) atoms. The lowest BCUT2D eigenvalue weighted by atomic mass is 9.89. The Morgan fingerprint density at radius 1 is 1.54 bits per heavy atom.